The van der Waals surface area contributed by atoms with E-state index >= 15 is 0 Å². The maximum atomic E-state index is 12.8. The Balaban J connectivity index is 1.69. The van der Waals surface area contributed by atoms with Gasteiger partial charge in [0.1, 0.15) is 5.69 Å². The number of aryl methyl sites for hydroxylation is 1. The molecule has 0 saturated carbocycles. The van der Waals surface area contributed by atoms with Gasteiger partial charge in [-0.25, -0.2) is 4.98 Å². The third kappa shape index (κ3) is 3.87. The van der Waals surface area contributed by atoms with Gasteiger partial charge in [-0.2, -0.15) is 0 Å². The van der Waals surface area contributed by atoms with Crippen LogP contribution in [0.5, 0.6) is 0 Å². The van der Waals surface area contributed by atoms with Gasteiger partial charge in [-0.3, -0.25) is 14.6 Å². The van der Waals surface area contributed by atoms with Crippen LogP contribution < -0.4 is 0 Å². The molecule has 7 heteroatoms. The first-order chi connectivity index (χ1) is 12.4. The molecule has 0 aliphatic carbocycles. The molecule has 0 N–H and O–H groups in total. The maximum Gasteiger partial charge on any atom is 0.274 e. The van der Waals surface area contributed by atoms with Crippen molar-refractivity contribution in [3.8, 4) is 0 Å². The Morgan fingerprint density at radius 1 is 1.19 bits per heavy atom. The van der Waals surface area contributed by atoms with Gasteiger partial charge in [0.15, 0.2) is 0 Å². The van der Waals surface area contributed by atoms with Gasteiger partial charge < -0.3 is 14.7 Å². The maximum absolute atomic E-state index is 12.8. The molecule has 1 aromatic heterocycles. The quantitative estimate of drug-likeness (QED) is 0.811. The molecule has 3 rings (SSSR count). The lowest BCUT2D eigenvalue weighted by molar-refractivity contribution is -0.131. The molecule has 26 heavy (non-hydrogen) atoms. The van der Waals surface area contributed by atoms with Crippen molar-refractivity contribution < 1.29 is 9.59 Å². The first kappa shape index (κ1) is 18.8. The largest absolute Gasteiger partial charge is 0.337 e. The zero-order chi connectivity index (χ0) is 18.7. The molecule has 2 amide bonds. The highest BCUT2D eigenvalue weighted by molar-refractivity contribution is 5.92. The number of likely N-dealkylation sites (tertiary alicyclic amines) is 2. The number of hydrogen-bond acceptors (Lipinski definition) is 5. The zero-order valence-corrected chi connectivity index (χ0v) is 16.1. The van der Waals surface area contributed by atoms with E-state index in [2.05, 4.69) is 19.8 Å². The number of amides is 2. The summed E-state index contributed by atoms with van der Waals surface area (Å²) in [6.45, 7) is 4.88. The van der Waals surface area contributed by atoms with Crippen molar-refractivity contribution in [3.63, 3.8) is 0 Å². The fraction of sp³-hybridized carbons (Fsp3) is 0.684. The number of nitrogens with zero attached hydrogens (tertiary/aromatic N) is 5. The Morgan fingerprint density at radius 3 is 2.69 bits per heavy atom. The van der Waals surface area contributed by atoms with Crippen LogP contribution >= 0.6 is 0 Å². The Hall–Kier alpha value is -2.02. The highest BCUT2D eigenvalue weighted by Crippen LogP contribution is 2.39. The lowest BCUT2D eigenvalue weighted by Crippen LogP contribution is -2.49. The fourth-order valence-corrected chi connectivity index (χ4v) is 4.10. The normalized spacial score (nSPS) is 23.8. The first-order valence-electron chi connectivity index (χ1n) is 9.44. The summed E-state index contributed by atoms with van der Waals surface area (Å²) in [5.41, 5.74) is 1.12. The summed E-state index contributed by atoms with van der Waals surface area (Å²) in [4.78, 5) is 39.7. The molecule has 7 nitrogen and oxygen atoms in total. The third-order valence-electron chi connectivity index (χ3n) is 5.65. The second-order valence-electron chi connectivity index (χ2n) is 7.76. The molecule has 2 aliphatic heterocycles. The van der Waals surface area contributed by atoms with E-state index < -0.39 is 0 Å². The van der Waals surface area contributed by atoms with E-state index in [-0.39, 0.29) is 17.4 Å². The van der Waals surface area contributed by atoms with Crippen molar-refractivity contribution in [2.24, 2.45) is 0 Å². The summed E-state index contributed by atoms with van der Waals surface area (Å²) in [7, 11) is 4.06. The zero-order valence-electron chi connectivity index (χ0n) is 16.1. The van der Waals surface area contributed by atoms with Gasteiger partial charge >= 0.3 is 0 Å². The van der Waals surface area contributed by atoms with Crippen LogP contribution in [0.25, 0.3) is 0 Å². The van der Waals surface area contributed by atoms with E-state index in [1.165, 1.54) is 0 Å². The van der Waals surface area contributed by atoms with Crippen LogP contribution in [-0.2, 0) is 4.79 Å². The average Bonchev–Trinajstić information content (AvgIpc) is 2.78. The van der Waals surface area contributed by atoms with Crippen LogP contribution in [0.15, 0.2) is 12.4 Å². The number of hydrogen-bond donors (Lipinski definition) is 0. The number of aromatic nitrogens is 2. The molecule has 0 unspecified atom stereocenters. The predicted molar refractivity (Wildman–Crippen MR) is 98.8 cm³/mol. The second kappa shape index (κ2) is 7.70. The van der Waals surface area contributed by atoms with E-state index in [0.717, 1.165) is 44.5 Å². The van der Waals surface area contributed by atoms with E-state index in [9.17, 15) is 9.59 Å². The average molecular weight is 359 g/mol. The number of rotatable bonds is 4. The monoisotopic (exact) mass is 359 g/mol. The van der Waals surface area contributed by atoms with Gasteiger partial charge in [0.2, 0.25) is 5.91 Å². The van der Waals surface area contributed by atoms with Gasteiger partial charge in [-0.1, -0.05) is 0 Å². The third-order valence-corrected chi connectivity index (χ3v) is 5.65. The van der Waals surface area contributed by atoms with Crippen molar-refractivity contribution in [3.05, 3.63) is 23.8 Å². The van der Waals surface area contributed by atoms with E-state index in [0.29, 0.717) is 25.2 Å². The SMILES string of the molecule is Cc1cnc(C(=O)N2CCC[C@]3(CCC(=O)N3CCN(C)C)CC2)cn1. The minimum absolute atomic E-state index is 0.0567. The Kier molecular flexibility index (Phi) is 5.55. The van der Waals surface area contributed by atoms with Crippen LogP contribution in [0.4, 0.5) is 0 Å². The van der Waals surface area contributed by atoms with Gasteiger partial charge in [0.05, 0.1) is 11.9 Å². The fourth-order valence-electron chi connectivity index (χ4n) is 4.10. The van der Waals surface area contributed by atoms with Crippen LogP contribution in [-0.4, -0.2) is 82.3 Å². The molecule has 1 spiro atoms. The van der Waals surface area contributed by atoms with Crippen LogP contribution in [0.3, 0.4) is 0 Å². The summed E-state index contributed by atoms with van der Waals surface area (Å²) in [5.74, 6) is 0.203. The molecular weight excluding hydrogens is 330 g/mol. The van der Waals surface area contributed by atoms with Crippen molar-refractivity contribution in [1.82, 2.24) is 24.7 Å². The van der Waals surface area contributed by atoms with Crippen molar-refractivity contribution in [2.75, 3.05) is 40.3 Å². The smallest absolute Gasteiger partial charge is 0.274 e. The molecule has 142 valence electrons. The van der Waals surface area contributed by atoms with Crippen LogP contribution in [0.2, 0.25) is 0 Å². The van der Waals surface area contributed by atoms with Gasteiger partial charge in [0.25, 0.3) is 5.91 Å². The molecule has 1 aromatic rings. The summed E-state index contributed by atoms with van der Waals surface area (Å²) < 4.78 is 0. The van der Waals surface area contributed by atoms with E-state index in [1.807, 2.05) is 25.9 Å². The molecule has 0 bridgehead atoms. The van der Waals surface area contributed by atoms with Gasteiger partial charge in [-0.05, 0) is 46.7 Å². The van der Waals surface area contributed by atoms with E-state index in [4.69, 9.17) is 0 Å². The Labute approximate surface area is 155 Å². The summed E-state index contributed by atoms with van der Waals surface area (Å²) in [6, 6.07) is 0. The Morgan fingerprint density at radius 2 is 2.00 bits per heavy atom. The predicted octanol–water partition coefficient (Wildman–Crippen LogP) is 1.33. The topological polar surface area (TPSA) is 69.6 Å². The molecule has 2 fully saturated rings. The number of carbonyl (C=O) groups is 2. The minimum Gasteiger partial charge on any atom is -0.337 e. The lowest BCUT2D eigenvalue weighted by atomic mass is 9.87. The molecule has 0 radical (unpaired) electrons. The van der Waals surface area contributed by atoms with Crippen LogP contribution in [0.1, 0.15) is 48.3 Å². The molecule has 2 saturated heterocycles. The van der Waals surface area contributed by atoms with Crippen molar-refractivity contribution in [1.29, 1.82) is 0 Å². The van der Waals surface area contributed by atoms with E-state index in [1.54, 1.807) is 12.4 Å². The van der Waals surface area contributed by atoms with Crippen molar-refractivity contribution >= 4 is 11.8 Å². The summed E-state index contributed by atoms with van der Waals surface area (Å²) in [5, 5.41) is 0. The minimum atomic E-state index is -0.0823. The Bertz CT molecular complexity index is 660. The number of likely N-dealkylation sites (N-methyl/N-ethyl adjacent to an activating group) is 1. The summed E-state index contributed by atoms with van der Waals surface area (Å²) >= 11 is 0. The highest BCUT2D eigenvalue weighted by Gasteiger charge is 2.45. The first-order valence-corrected chi connectivity index (χ1v) is 9.44. The molecule has 3 heterocycles. The summed E-state index contributed by atoms with van der Waals surface area (Å²) in [6.07, 6.45) is 7.45. The standard InChI is InChI=1S/C19H29N5O2/c1-15-13-21-16(14-20-15)18(26)23-9-4-6-19(8-10-23)7-5-17(25)24(19)12-11-22(2)3/h13-14H,4-12H2,1-3H3/t19-/m0/s1. The van der Waals surface area contributed by atoms with Gasteiger partial charge in [0, 0.05) is 44.3 Å². The second-order valence-corrected chi connectivity index (χ2v) is 7.76. The molecular formula is C19H29N5O2. The number of carbonyl (C=O) groups excluding carboxylic acids is 2. The highest BCUT2D eigenvalue weighted by atomic mass is 16.2. The molecule has 0 aromatic carbocycles. The lowest BCUT2D eigenvalue weighted by Gasteiger charge is -2.38. The van der Waals surface area contributed by atoms with Crippen LogP contribution in [0, 0.1) is 6.92 Å². The molecule has 2 aliphatic rings. The van der Waals surface area contributed by atoms with Gasteiger partial charge in [-0.15, -0.1) is 0 Å². The van der Waals surface area contributed by atoms with Crippen molar-refractivity contribution in [2.45, 2.75) is 44.6 Å². The molecule has 1 atom stereocenters.